The molecule has 2 atom stereocenters. The van der Waals surface area contributed by atoms with Gasteiger partial charge in [-0.05, 0) is 42.5 Å². The van der Waals surface area contributed by atoms with Crippen LogP contribution < -0.4 is 5.32 Å². The van der Waals surface area contributed by atoms with Crippen LogP contribution in [-0.2, 0) is 27.6 Å². The van der Waals surface area contributed by atoms with Gasteiger partial charge in [0.1, 0.15) is 0 Å². The summed E-state index contributed by atoms with van der Waals surface area (Å²) >= 11 is 1.31. The monoisotopic (exact) mass is 558 g/mol. The summed E-state index contributed by atoms with van der Waals surface area (Å²) in [6.07, 6.45) is -15.5. The summed E-state index contributed by atoms with van der Waals surface area (Å²) in [5, 5.41) is 6.12. The zero-order valence-electron chi connectivity index (χ0n) is 19.1. The first-order valence-electron chi connectivity index (χ1n) is 10.5. The number of amides is 1. The number of nitrogens with one attached hydrogen (secondary N) is 1. The van der Waals surface area contributed by atoms with Crippen molar-refractivity contribution in [3.63, 3.8) is 0 Å². The molecule has 0 aromatic heterocycles. The van der Waals surface area contributed by atoms with Crippen molar-refractivity contribution in [3.8, 4) is 0 Å². The summed E-state index contributed by atoms with van der Waals surface area (Å²) in [4.78, 5) is 16.4. The van der Waals surface area contributed by atoms with Gasteiger partial charge in [0.2, 0.25) is 5.91 Å². The molecule has 0 spiro atoms. The molecule has 0 saturated carbocycles. The average Bonchev–Trinajstić information content (AvgIpc) is 3.25. The lowest BCUT2D eigenvalue weighted by molar-refractivity contribution is -0.276. The van der Waals surface area contributed by atoms with E-state index in [-0.39, 0.29) is 41.1 Å². The fraction of sp³-hybridized carbons (Fsp3) is 0.391. The van der Waals surface area contributed by atoms with Gasteiger partial charge in [-0.15, -0.1) is 0 Å². The van der Waals surface area contributed by atoms with Gasteiger partial charge < -0.3 is 10.2 Å². The van der Waals surface area contributed by atoms with Crippen LogP contribution in [0.2, 0.25) is 0 Å². The van der Waals surface area contributed by atoms with Crippen LogP contribution in [-0.4, -0.2) is 29.8 Å². The Hall–Kier alpha value is -2.90. The Morgan fingerprint density at radius 3 is 2.00 bits per heavy atom. The average molecular weight is 558 g/mol. The van der Waals surface area contributed by atoms with Gasteiger partial charge in [0.25, 0.3) is 5.60 Å². The van der Waals surface area contributed by atoms with Crippen LogP contribution in [0.4, 0.5) is 39.5 Å². The van der Waals surface area contributed by atoms with Crippen LogP contribution >= 0.6 is 11.8 Å². The Morgan fingerprint density at radius 2 is 1.54 bits per heavy atom. The molecular formula is C23H19F9N2O2S. The highest BCUT2D eigenvalue weighted by atomic mass is 32.2. The SMILES string of the molecule is CSCC(=O)NC(C)c1ccc(C2=NOC(c3cc(C(F)(F)F)cc(C(F)(F)F)c3)(C(F)(F)F)C2)cc1. The molecule has 0 aliphatic carbocycles. The number of alkyl halides is 9. The van der Waals surface area contributed by atoms with Gasteiger partial charge in [-0.2, -0.15) is 51.3 Å². The maximum atomic E-state index is 14.2. The van der Waals surface area contributed by atoms with Crippen LogP contribution in [0.3, 0.4) is 0 Å². The van der Waals surface area contributed by atoms with Crippen LogP contribution in [0.1, 0.15) is 47.2 Å². The van der Waals surface area contributed by atoms with Crippen molar-refractivity contribution in [2.45, 2.75) is 43.5 Å². The number of thioether (sulfide) groups is 1. The normalized spacial score (nSPS) is 19.3. The van der Waals surface area contributed by atoms with Crippen LogP contribution in [0, 0.1) is 0 Å². The predicted octanol–water partition coefficient (Wildman–Crippen LogP) is 6.85. The van der Waals surface area contributed by atoms with E-state index in [1.54, 1.807) is 13.2 Å². The zero-order valence-corrected chi connectivity index (χ0v) is 19.9. The molecule has 1 aliphatic rings. The van der Waals surface area contributed by atoms with Gasteiger partial charge in [-0.1, -0.05) is 29.4 Å². The summed E-state index contributed by atoms with van der Waals surface area (Å²) in [6, 6.07) is 5.02. The second kappa shape index (κ2) is 10.1. The highest BCUT2D eigenvalue weighted by molar-refractivity contribution is 7.99. The van der Waals surface area contributed by atoms with Crippen molar-refractivity contribution >= 4 is 23.4 Å². The quantitative estimate of drug-likeness (QED) is 0.395. The molecule has 2 aromatic rings. The number of carbonyl (C=O) groups excluding carboxylic acids is 1. The van der Waals surface area contributed by atoms with Gasteiger partial charge >= 0.3 is 18.5 Å². The molecule has 1 amide bonds. The fourth-order valence-electron chi connectivity index (χ4n) is 3.71. The van der Waals surface area contributed by atoms with E-state index in [0.29, 0.717) is 5.56 Å². The van der Waals surface area contributed by atoms with E-state index in [1.807, 2.05) is 0 Å². The molecule has 1 N–H and O–H groups in total. The molecule has 202 valence electrons. The number of hydrogen-bond donors (Lipinski definition) is 1. The van der Waals surface area contributed by atoms with Gasteiger partial charge in [-0.3, -0.25) is 4.79 Å². The largest absolute Gasteiger partial charge is 0.435 e. The van der Waals surface area contributed by atoms with E-state index in [9.17, 15) is 44.3 Å². The van der Waals surface area contributed by atoms with E-state index in [2.05, 4.69) is 15.3 Å². The standard InChI is InChI=1S/C23H19F9N2O2S/c1-12(33-19(35)11-37-2)13-3-5-14(6-4-13)18-10-20(36-34-18,23(30,31)32)15-7-16(21(24,25)26)9-17(8-15)22(27,28)29/h3-9,12H,10-11H2,1-2H3,(H,33,35). The molecule has 14 heteroatoms. The Bertz CT molecular complexity index is 1140. The molecule has 2 aromatic carbocycles. The Kier molecular flexibility index (Phi) is 7.83. The molecule has 37 heavy (non-hydrogen) atoms. The summed E-state index contributed by atoms with van der Waals surface area (Å²) in [5.74, 6) is -0.00581. The van der Waals surface area contributed by atoms with E-state index in [1.165, 1.54) is 36.0 Å². The lowest BCUT2D eigenvalue weighted by Gasteiger charge is -2.30. The first-order valence-corrected chi connectivity index (χ1v) is 11.9. The summed E-state index contributed by atoms with van der Waals surface area (Å²) < 4.78 is 122. The number of halogens is 9. The third kappa shape index (κ3) is 6.16. The molecule has 0 radical (unpaired) electrons. The van der Waals surface area contributed by atoms with E-state index < -0.39 is 53.3 Å². The second-order valence-corrected chi connectivity index (χ2v) is 9.14. The van der Waals surface area contributed by atoms with Crippen LogP contribution in [0.25, 0.3) is 0 Å². The van der Waals surface area contributed by atoms with E-state index in [0.717, 1.165) is 0 Å². The topological polar surface area (TPSA) is 50.7 Å². The number of nitrogens with zero attached hydrogens (tertiary/aromatic N) is 1. The minimum Gasteiger partial charge on any atom is -0.374 e. The van der Waals surface area contributed by atoms with Crippen molar-refractivity contribution in [1.82, 2.24) is 5.32 Å². The molecule has 0 fully saturated rings. The smallest absolute Gasteiger partial charge is 0.374 e. The molecule has 3 rings (SSSR count). The highest BCUT2D eigenvalue weighted by Gasteiger charge is 2.63. The second-order valence-electron chi connectivity index (χ2n) is 8.27. The predicted molar refractivity (Wildman–Crippen MR) is 118 cm³/mol. The Labute approximate surface area is 209 Å². The van der Waals surface area contributed by atoms with Crippen molar-refractivity contribution in [3.05, 3.63) is 70.3 Å². The van der Waals surface area contributed by atoms with Gasteiger partial charge in [-0.25, -0.2) is 0 Å². The lowest BCUT2D eigenvalue weighted by atomic mass is 9.84. The summed E-state index contributed by atoms with van der Waals surface area (Å²) in [7, 11) is 0. The Balaban J connectivity index is 1.96. The number of hydrogen-bond acceptors (Lipinski definition) is 4. The molecule has 2 unspecified atom stereocenters. The van der Waals surface area contributed by atoms with Gasteiger partial charge in [0.05, 0.1) is 28.6 Å². The summed E-state index contributed by atoms with van der Waals surface area (Å²) in [6.45, 7) is 1.68. The zero-order chi connectivity index (χ0) is 27.8. The summed E-state index contributed by atoms with van der Waals surface area (Å²) in [5.41, 5.74) is -8.36. The molecule has 0 saturated heterocycles. The van der Waals surface area contributed by atoms with Crippen LogP contribution in [0.5, 0.6) is 0 Å². The van der Waals surface area contributed by atoms with E-state index in [4.69, 9.17) is 0 Å². The highest BCUT2D eigenvalue weighted by Crippen LogP contribution is 2.50. The van der Waals surface area contributed by atoms with Crippen molar-refractivity contribution in [2.75, 3.05) is 12.0 Å². The number of carbonyl (C=O) groups is 1. The molecule has 1 aliphatic heterocycles. The third-order valence-corrected chi connectivity index (χ3v) is 6.19. The minimum atomic E-state index is -5.42. The van der Waals surface area contributed by atoms with Crippen molar-refractivity contribution in [2.24, 2.45) is 5.16 Å². The number of benzene rings is 2. The lowest BCUT2D eigenvalue weighted by Crippen LogP contribution is -2.43. The van der Waals surface area contributed by atoms with Crippen molar-refractivity contribution in [1.29, 1.82) is 0 Å². The number of rotatable bonds is 6. The van der Waals surface area contributed by atoms with Crippen LogP contribution in [0.15, 0.2) is 47.6 Å². The van der Waals surface area contributed by atoms with E-state index >= 15 is 0 Å². The maximum absolute atomic E-state index is 14.2. The minimum absolute atomic E-state index is 0.0107. The first kappa shape index (κ1) is 28.7. The third-order valence-electron chi connectivity index (χ3n) is 5.64. The number of oxime groups is 1. The molecular weight excluding hydrogens is 539 g/mol. The first-order chi connectivity index (χ1) is 17.0. The van der Waals surface area contributed by atoms with Gasteiger partial charge in [0, 0.05) is 12.0 Å². The molecule has 1 heterocycles. The van der Waals surface area contributed by atoms with Crippen molar-refractivity contribution < 1.29 is 49.1 Å². The fourth-order valence-corrected chi connectivity index (χ4v) is 4.05. The maximum Gasteiger partial charge on any atom is 0.435 e. The Morgan fingerprint density at radius 1 is 1.00 bits per heavy atom. The molecule has 0 bridgehead atoms. The van der Waals surface area contributed by atoms with Gasteiger partial charge in [0.15, 0.2) is 0 Å². The molecule has 4 nitrogen and oxygen atoms in total.